The molecule has 0 aromatic heterocycles. The van der Waals surface area contributed by atoms with Gasteiger partial charge in [0.25, 0.3) is 0 Å². The first kappa shape index (κ1) is 23.8. The van der Waals surface area contributed by atoms with Gasteiger partial charge in [0, 0.05) is 14.0 Å². The summed E-state index contributed by atoms with van der Waals surface area (Å²) >= 11 is 0. The zero-order valence-electron chi connectivity index (χ0n) is 16.6. The second kappa shape index (κ2) is 17.7. The Labute approximate surface area is 154 Å². The summed E-state index contributed by atoms with van der Waals surface area (Å²) in [6, 6.07) is -0.573. The highest BCUT2D eigenvalue weighted by atomic mass is 16.5. The van der Waals surface area contributed by atoms with Crippen LogP contribution in [-0.2, 0) is 14.3 Å². The predicted molar refractivity (Wildman–Crippen MR) is 105 cm³/mol. The van der Waals surface area contributed by atoms with Crippen LogP contribution in [0.1, 0.15) is 90.9 Å². The number of hydrogen-bond donors (Lipinski definition) is 1. The van der Waals surface area contributed by atoms with Gasteiger partial charge in [-0.3, -0.25) is 9.59 Å². The number of amides is 1. The van der Waals surface area contributed by atoms with E-state index in [4.69, 9.17) is 4.74 Å². The monoisotopic (exact) mass is 353 g/mol. The number of hydrogen-bond acceptors (Lipinski definition) is 3. The van der Waals surface area contributed by atoms with Crippen molar-refractivity contribution in [3.63, 3.8) is 0 Å². The summed E-state index contributed by atoms with van der Waals surface area (Å²) in [5.41, 5.74) is 0. The second-order valence-corrected chi connectivity index (χ2v) is 6.84. The standard InChI is InChI=1S/C21H39NO3/c1-4-5-6-7-8-9-10-11-12-13-14-15-16-17-21(24)20(18-25-3)22-19(2)23/h16-17,20H,4-15,18H2,1-3H3,(H,22,23)/t20-/m0/s1. The van der Waals surface area contributed by atoms with Gasteiger partial charge in [-0.25, -0.2) is 0 Å². The molecular weight excluding hydrogens is 314 g/mol. The van der Waals surface area contributed by atoms with E-state index in [9.17, 15) is 9.59 Å². The van der Waals surface area contributed by atoms with Crippen molar-refractivity contribution in [2.24, 2.45) is 0 Å². The van der Waals surface area contributed by atoms with Crippen molar-refractivity contribution in [1.29, 1.82) is 0 Å². The van der Waals surface area contributed by atoms with Gasteiger partial charge in [0.1, 0.15) is 6.04 Å². The Kier molecular flexibility index (Phi) is 16.8. The van der Waals surface area contributed by atoms with Crippen LogP contribution < -0.4 is 5.32 Å². The third-order valence-electron chi connectivity index (χ3n) is 4.31. The van der Waals surface area contributed by atoms with Crippen LogP contribution in [0.15, 0.2) is 12.2 Å². The minimum atomic E-state index is -0.573. The Morgan fingerprint density at radius 1 is 0.920 bits per heavy atom. The van der Waals surface area contributed by atoms with Crippen LogP contribution >= 0.6 is 0 Å². The lowest BCUT2D eigenvalue weighted by Crippen LogP contribution is -2.42. The molecular formula is C21H39NO3. The molecule has 0 aliphatic rings. The molecule has 1 atom stereocenters. The number of methoxy groups -OCH3 is 1. The highest BCUT2D eigenvalue weighted by Gasteiger charge is 2.16. The van der Waals surface area contributed by atoms with Crippen LogP contribution in [0.3, 0.4) is 0 Å². The molecule has 0 rings (SSSR count). The summed E-state index contributed by atoms with van der Waals surface area (Å²) in [6.07, 6.45) is 19.0. The van der Waals surface area contributed by atoms with Gasteiger partial charge in [-0.1, -0.05) is 77.2 Å². The molecule has 0 bridgehead atoms. The van der Waals surface area contributed by atoms with E-state index >= 15 is 0 Å². The van der Waals surface area contributed by atoms with E-state index in [-0.39, 0.29) is 18.3 Å². The number of unbranched alkanes of at least 4 members (excludes halogenated alkanes) is 11. The van der Waals surface area contributed by atoms with Crippen molar-refractivity contribution in [1.82, 2.24) is 5.32 Å². The second-order valence-electron chi connectivity index (χ2n) is 6.84. The van der Waals surface area contributed by atoms with Crippen molar-refractivity contribution >= 4 is 11.7 Å². The van der Waals surface area contributed by atoms with Gasteiger partial charge in [0.15, 0.2) is 5.78 Å². The van der Waals surface area contributed by atoms with E-state index in [1.54, 1.807) is 6.08 Å². The first-order valence-electron chi connectivity index (χ1n) is 10.1. The third-order valence-corrected chi connectivity index (χ3v) is 4.31. The minimum Gasteiger partial charge on any atom is -0.382 e. The maximum atomic E-state index is 12.0. The van der Waals surface area contributed by atoms with E-state index < -0.39 is 6.04 Å². The van der Waals surface area contributed by atoms with Crippen LogP contribution in [0.2, 0.25) is 0 Å². The number of rotatable bonds is 17. The average Bonchev–Trinajstić information content (AvgIpc) is 2.58. The van der Waals surface area contributed by atoms with Crippen molar-refractivity contribution in [3.05, 3.63) is 12.2 Å². The molecule has 0 heterocycles. The molecule has 0 radical (unpaired) electrons. The number of ketones is 1. The van der Waals surface area contributed by atoms with Crippen LogP contribution in [0.25, 0.3) is 0 Å². The average molecular weight is 354 g/mol. The number of nitrogens with one attached hydrogen (secondary N) is 1. The maximum absolute atomic E-state index is 12.0. The smallest absolute Gasteiger partial charge is 0.217 e. The number of allylic oxidation sites excluding steroid dienone is 1. The Bertz CT molecular complexity index is 366. The Morgan fingerprint density at radius 3 is 1.92 bits per heavy atom. The molecule has 0 spiro atoms. The number of carbonyl (C=O) groups excluding carboxylic acids is 2. The Balaban J connectivity index is 3.58. The topological polar surface area (TPSA) is 55.4 Å². The zero-order chi connectivity index (χ0) is 18.8. The molecule has 0 saturated heterocycles. The number of ether oxygens (including phenoxy) is 1. The lowest BCUT2D eigenvalue weighted by molar-refractivity contribution is -0.125. The maximum Gasteiger partial charge on any atom is 0.217 e. The van der Waals surface area contributed by atoms with Crippen molar-refractivity contribution in [3.8, 4) is 0 Å². The quantitative estimate of drug-likeness (QED) is 0.297. The van der Waals surface area contributed by atoms with Crippen LogP contribution in [-0.4, -0.2) is 31.4 Å². The highest BCUT2D eigenvalue weighted by molar-refractivity contribution is 5.96. The normalized spacial score (nSPS) is 12.4. The van der Waals surface area contributed by atoms with Crippen molar-refractivity contribution < 1.29 is 14.3 Å². The molecule has 25 heavy (non-hydrogen) atoms. The Morgan fingerprint density at radius 2 is 1.44 bits per heavy atom. The van der Waals surface area contributed by atoms with Gasteiger partial charge in [-0.15, -0.1) is 0 Å². The van der Waals surface area contributed by atoms with Crippen molar-refractivity contribution in [2.45, 2.75) is 96.9 Å². The summed E-state index contributed by atoms with van der Waals surface area (Å²) in [4.78, 5) is 23.1. The molecule has 0 aliphatic carbocycles. The molecule has 0 fully saturated rings. The molecule has 0 aliphatic heterocycles. The lowest BCUT2D eigenvalue weighted by atomic mass is 10.0. The number of carbonyl (C=O) groups is 2. The molecule has 4 heteroatoms. The fourth-order valence-electron chi connectivity index (χ4n) is 2.85. The first-order chi connectivity index (χ1) is 12.1. The van der Waals surface area contributed by atoms with Crippen LogP contribution in [0.4, 0.5) is 0 Å². The van der Waals surface area contributed by atoms with Crippen LogP contribution in [0, 0.1) is 0 Å². The van der Waals surface area contributed by atoms with Crippen LogP contribution in [0.5, 0.6) is 0 Å². The van der Waals surface area contributed by atoms with Gasteiger partial charge in [-0.05, 0) is 18.9 Å². The van der Waals surface area contributed by atoms with E-state index in [2.05, 4.69) is 12.2 Å². The van der Waals surface area contributed by atoms with Gasteiger partial charge in [0.05, 0.1) is 6.61 Å². The molecule has 0 aromatic carbocycles. The lowest BCUT2D eigenvalue weighted by Gasteiger charge is -2.13. The minimum absolute atomic E-state index is 0.0971. The molecule has 1 amide bonds. The SMILES string of the molecule is CCCCCCCCCCCCCC=CC(=O)[C@H](COC)NC(C)=O. The van der Waals surface area contributed by atoms with Gasteiger partial charge in [0.2, 0.25) is 5.91 Å². The summed E-state index contributed by atoms with van der Waals surface area (Å²) in [7, 11) is 1.52. The van der Waals surface area contributed by atoms with E-state index in [1.807, 2.05) is 6.08 Å². The first-order valence-corrected chi connectivity index (χ1v) is 10.1. The molecule has 1 N–H and O–H groups in total. The van der Waals surface area contributed by atoms with Crippen molar-refractivity contribution in [2.75, 3.05) is 13.7 Å². The predicted octanol–water partition coefficient (Wildman–Crippen LogP) is 4.96. The molecule has 0 saturated carbocycles. The van der Waals surface area contributed by atoms with Gasteiger partial charge in [-0.2, -0.15) is 0 Å². The Hall–Kier alpha value is -1.16. The molecule has 146 valence electrons. The zero-order valence-corrected chi connectivity index (χ0v) is 16.6. The van der Waals surface area contributed by atoms with E-state index in [0.29, 0.717) is 0 Å². The fraction of sp³-hybridized carbons (Fsp3) is 0.810. The highest BCUT2D eigenvalue weighted by Crippen LogP contribution is 2.12. The summed E-state index contributed by atoms with van der Waals surface area (Å²) in [5, 5.41) is 2.61. The third kappa shape index (κ3) is 16.1. The fourth-order valence-corrected chi connectivity index (χ4v) is 2.85. The van der Waals surface area contributed by atoms with E-state index in [0.717, 1.165) is 12.8 Å². The molecule has 4 nitrogen and oxygen atoms in total. The molecule has 0 aromatic rings. The van der Waals surface area contributed by atoms with E-state index in [1.165, 1.54) is 78.2 Å². The molecule has 0 unspecified atom stereocenters. The van der Waals surface area contributed by atoms with Gasteiger partial charge < -0.3 is 10.1 Å². The largest absolute Gasteiger partial charge is 0.382 e. The summed E-state index contributed by atoms with van der Waals surface area (Å²) in [6.45, 7) is 3.87. The van der Waals surface area contributed by atoms with Gasteiger partial charge >= 0.3 is 0 Å². The summed E-state index contributed by atoms with van der Waals surface area (Å²) in [5.74, 6) is -0.311. The summed E-state index contributed by atoms with van der Waals surface area (Å²) < 4.78 is 4.98.